The minimum Gasteiger partial charge on any atom is -0.495 e. The summed E-state index contributed by atoms with van der Waals surface area (Å²) in [5.41, 5.74) is 0.605. The highest BCUT2D eigenvalue weighted by Gasteiger charge is 2.50. The maximum absolute atomic E-state index is 13.1. The summed E-state index contributed by atoms with van der Waals surface area (Å²) in [6.45, 7) is 0.286. The van der Waals surface area contributed by atoms with Gasteiger partial charge in [0.05, 0.1) is 12.8 Å². The predicted molar refractivity (Wildman–Crippen MR) is 84.3 cm³/mol. The minimum atomic E-state index is -3.85. The number of amides is 1. The molecule has 0 spiro atoms. The first-order valence-corrected chi connectivity index (χ1v) is 8.95. The molecule has 3 heterocycles. The third-order valence-electron chi connectivity index (χ3n) is 4.41. The Balaban J connectivity index is 1.79. The van der Waals surface area contributed by atoms with Crippen LogP contribution in [0.15, 0.2) is 41.6 Å². The van der Waals surface area contributed by atoms with E-state index >= 15 is 0 Å². The van der Waals surface area contributed by atoms with Gasteiger partial charge in [-0.25, -0.2) is 13.1 Å². The number of carbonyl (C=O) groups is 1. The maximum atomic E-state index is 13.1. The zero-order valence-electron chi connectivity index (χ0n) is 12.9. The summed E-state index contributed by atoms with van der Waals surface area (Å²) < 4.78 is 34.3. The van der Waals surface area contributed by atoms with Gasteiger partial charge in [0.25, 0.3) is 0 Å². The molecule has 2 aliphatic rings. The lowest BCUT2D eigenvalue weighted by Crippen LogP contribution is -2.50. The fourth-order valence-electron chi connectivity index (χ4n) is 3.27. The van der Waals surface area contributed by atoms with Gasteiger partial charge in [-0.1, -0.05) is 0 Å². The molecule has 1 N–H and O–H groups in total. The van der Waals surface area contributed by atoms with E-state index < -0.39 is 16.1 Å². The van der Waals surface area contributed by atoms with Gasteiger partial charge in [0.1, 0.15) is 16.7 Å². The molecule has 0 radical (unpaired) electrons. The third-order valence-corrected chi connectivity index (χ3v) is 6.30. The first-order valence-electron chi connectivity index (χ1n) is 7.51. The summed E-state index contributed by atoms with van der Waals surface area (Å²) in [6.07, 6.45) is 3.85. The van der Waals surface area contributed by atoms with Gasteiger partial charge in [0.2, 0.25) is 15.9 Å². The van der Waals surface area contributed by atoms with Crippen LogP contribution >= 0.6 is 0 Å². The number of aromatic nitrogens is 2. The highest BCUT2D eigenvalue weighted by Crippen LogP contribution is 2.35. The van der Waals surface area contributed by atoms with Gasteiger partial charge in [-0.2, -0.15) is 9.40 Å². The van der Waals surface area contributed by atoms with Crippen LogP contribution in [-0.2, 0) is 14.8 Å². The second-order valence-corrected chi connectivity index (χ2v) is 7.68. The van der Waals surface area contributed by atoms with Crippen molar-refractivity contribution in [2.45, 2.75) is 23.4 Å². The second-order valence-electron chi connectivity index (χ2n) is 5.82. The molecular weight excluding hydrogens is 332 g/mol. The summed E-state index contributed by atoms with van der Waals surface area (Å²) in [5, 5.41) is 6.89. The number of sulfonamides is 1. The summed E-state index contributed by atoms with van der Waals surface area (Å²) in [7, 11) is -2.43. The summed E-state index contributed by atoms with van der Waals surface area (Å²) in [4.78, 5) is 11.9. The van der Waals surface area contributed by atoms with Crippen molar-refractivity contribution in [3.8, 4) is 11.4 Å². The van der Waals surface area contributed by atoms with Crippen molar-refractivity contribution in [1.29, 1.82) is 0 Å². The van der Waals surface area contributed by atoms with Gasteiger partial charge >= 0.3 is 0 Å². The van der Waals surface area contributed by atoms with Crippen LogP contribution in [0.5, 0.6) is 5.75 Å². The van der Waals surface area contributed by atoms with Crippen molar-refractivity contribution >= 4 is 15.9 Å². The lowest BCUT2D eigenvalue weighted by molar-refractivity contribution is -0.123. The Morgan fingerprint density at radius 3 is 2.83 bits per heavy atom. The van der Waals surface area contributed by atoms with Crippen molar-refractivity contribution in [3.63, 3.8) is 0 Å². The predicted octanol–water partition coefficient (Wildman–Crippen LogP) is 0.142. The molecule has 2 atom stereocenters. The fourth-order valence-corrected chi connectivity index (χ4v) is 5.09. The van der Waals surface area contributed by atoms with Gasteiger partial charge in [-0.05, 0) is 30.7 Å². The van der Waals surface area contributed by atoms with Crippen LogP contribution < -0.4 is 10.1 Å². The van der Waals surface area contributed by atoms with E-state index in [-0.39, 0.29) is 29.1 Å². The maximum Gasteiger partial charge on any atom is 0.247 e. The molecule has 0 saturated carbocycles. The molecule has 1 aromatic heterocycles. The number of benzene rings is 1. The number of ether oxygens (including phenoxy) is 1. The Hall–Kier alpha value is -2.39. The van der Waals surface area contributed by atoms with E-state index in [9.17, 15) is 13.2 Å². The number of methoxy groups -OCH3 is 1. The van der Waals surface area contributed by atoms with E-state index in [1.807, 2.05) is 0 Å². The summed E-state index contributed by atoms with van der Waals surface area (Å²) >= 11 is 0. The van der Waals surface area contributed by atoms with E-state index in [0.29, 0.717) is 12.1 Å². The molecule has 2 fully saturated rings. The molecule has 8 nitrogen and oxygen atoms in total. The van der Waals surface area contributed by atoms with Gasteiger partial charge in [-0.15, -0.1) is 0 Å². The minimum absolute atomic E-state index is 0.0401. The van der Waals surface area contributed by atoms with E-state index in [4.69, 9.17) is 4.74 Å². The number of nitrogens with zero attached hydrogens (tertiary/aromatic N) is 3. The standard InChI is InChI=1S/C15H16N4O4S/c1-23-13-4-3-11(18-6-2-5-16-18)8-14(13)24(21,22)19-9-10-7-12(19)15(20)17-10/h2-6,8,10,12H,7,9H2,1H3,(H,17,20)/t10-,12-/m0/s1. The van der Waals surface area contributed by atoms with Gasteiger partial charge in [0, 0.05) is 25.0 Å². The zero-order valence-corrected chi connectivity index (χ0v) is 13.7. The van der Waals surface area contributed by atoms with E-state index in [1.165, 1.54) is 17.5 Å². The third kappa shape index (κ3) is 2.20. The molecule has 126 valence electrons. The van der Waals surface area contributed by atoms with Gasteiger partial charge < -0.3 is 10.1 Å². The lowest BCUT2D eigenvalue weighted by atomic mass is 10.2. The van der Waals surface area contributed by atoms with E-state index in [0.717, 1.165) is 0 Å². The summed E-state index contributed by atoms with van der Waals surface area (Å²) in [6, 6.07) is 5.84. The van der Waals surface area contributed by atoms with Crippen LogP contribution in [0.1, 0.15) is 6.42 Å². The van der Waals surface area contributed by atoms with Crippen molar-refractivity contribution in [2.75, 3.05) is 13.7 Å². The molecule has 2 saturated heterocycles. The topological polar surface area (TPSA) is 93.5 Å². The SMILES string of the molecule is COc1ccc(-n2cccn2)cc1S(=O)(=O)N1C[C@@H]2C[C@H]1C(=O)N2. The van der Waals surface area contributed by atoms with Crippen molar-refractivity contribution in [1.82, 2.24) is 19.4 Å². The molecule has 1 amide bonds. The lowest BCUT2D eigenvalue weighted by Gasteiger charge is -2.26. The van der Waals surface area contributed by atoms with Gasteiger partial charge in [0.15, 0.2) is 0 Å². The number of fused-ring (bicyclic) bond motifs is 2. The van der Waals surface area contributed by atoms with Crippen LogP contribution in [-0.4, -0.2) is 54.1 Å². The highest BCUT2D eigenvalue weighted by atomic mass is 32.2. The molecule has 2 aromatic rings. The largest absolute Gasteiger partial charge is 0.495 e. The number of piperazine rings is 1. The number of hydrogen-bond donors (Lipinski definition) is 1. The van der Waals surface area contributed by atoms with Gasteiger partial charge in [-0.3, -0.25) is 4.79 Å². The Morgan fingerprint density at radius 1 is 1.38 bits per heavy atom. The number of rotatable bonds is 4. The van der Waals surface area contributed by atoms with E-state index in [1.54, 1.807) is 35.3 Å². The Bertz CT molecular complexity index is 894. The number of hydrogen-bond acceptors (Lipinski definition) is 5. The average Bonchev–Trinajstić information content (AvgIpc) is 3.30. The van der Waals surface area contributed by atoms with Crippen LogP contribution in [0.4, 0.5) is 0 Å². The molecule has 0 unspecified atom stereocenters. The zero-order chi connectivity index (χ0) is 16.9. The molecule has 24 heavy (non-hydrogen) atoms. The molecule has 4 rings (SSSR count). The van der Waals surface area contributed by atoms with Crippen LogP contribution in [0.25, 0.3) is 5.69 Å². The fraction of sp³-hybridized carbons (Fsp3) is 0.333. The molecule has 2 aliphatic heterocycles. The normalized spacial score (nSPS) is 23.5. The van der Waals surface area contributed by atoms with Crippen molar-refractivity contribution in [2.24, 2.45) is 0 Å². The van der Waals surface area contributed by atoms with Crippen LogP contribution in [0, 0.1) is 0 Å². The smallest absolute Gasteiger partial charge is 0.247 e. The van der Waals surface area contributed by atoms with Crippen molar-refractivity contribution in [3.05, 3.63) is 36.7 Å². The molecular formula is C15H16N4O4S. The van der Waals surface area contributed by atoms with Crippen molar-refractivity contribution < 1.29 is 17.9 Å². The molecule has 1 aromatic carbocycles. The first kappa shape index (κ1) is 15.2. The van der Waals surface area contributed by atoms with Crippen LogP contribution in [0.2, 0.25) is 0 Å². The monoisotopic (exact) mass is 348 g/mol. The molecule has 0 aliphatic carbocycles. The second kappa shape index (κ2) is 5.32. The Morgan fingerprint density at radius 2 is 2.21 bits per heavy atom. The Kier molecular flexibility index (Phi) is 3.36. The number of nitrogens with one attached hydrogen (secondary N) is 1. The number of carbonyl (C=O) groups excluding carboxylic acids is 1. The summed E-state index contributed by atoms with van der Waals surface area (Å²) in [5.74, 6) is 0.00566. The first-order chi connectivity index (χ1) is 11.5. The molecule has 2 bridgehead atoms. The highest BCUT2D eigenvalue weighted by molar-refractivity contribution is 7.89. The average molecular weight is 348 g/mol. The van der Waals surface area contributed by atoms with E-state index in [2.05, 4.69) is 10.4 Å². The molecule has 9 heteroatoms. The van der Waals surface area contributed by atoms with Crippen LogP contribution in [0.3, 0.4) is 0 Å². The Labute approximate surface area is 139 Å². The quantitative estimate of drug-likeness (QED) is 0.848.